The second kappa shape index (κ2) is 9.41. The van der Waals surface area contributed by atoms with E-state index in [-0.39, 0.29) is 17.7 Å². The van der Waals surface area contributed by atoms with Crippen molar-refractivity contribution in [3.8, 4) is 0 Å². The SMILES string of the molecule is CN1C(=O)c2ccc(C(=O)NCCCN3CCN(Cc4ccccc4)CC3)cc2C1=O. The van der Waals surface area contributed by atoms with Gasteiger partial charge in [-0.2, -0.15) is 0 Å². The minimum absolute atomic E-state index is 0.217. The number of rotatable bonds is 7. The van der Waals surface area contributed by atoms with Crippen LogP contribution in [0.4, 0.5) is 0 Å². The summed E-state index contributed by atoms with van der Waals surface area (Å²) in [5, 5.41) is 2.92. The van der Waals surface area contributed by atoms with Gasteiger partial charge in [0, 0.05) is 51.9 Å². The van der Waals surface area contributed by atoms with Crippen LogP contribution in [-0.4, -0.2) is 78.7 Å². The minimum Gasteiger partial charge on any atom is -0.352 e. The molecule has 0 spiro atoms. The molecule has 0 aromatic heterocycles. The fourth-order valence-electron chi connectivity index (χ4n) is 4.12. The lowest BCUT2D eigenvalue weighted by molar-refractivity contribution is 0.0693. The highest BCUT2D eigenvalue weighted by Crippen LogP contribution is 2.22. The number of benzene rings is 2. The Bertz CT molecular complexity index is 968. The highest BCUT2D eigenvalue weighted by atomic mass is 16.2. The summed E-state index contributed by atoms with van der Waals surface area (Å²) in [7, 11) is 1.45. The molecule has 2 heterocycles. The molecule has 2 aromatic rings. The first-order valence-electron chi connectivity index (χ1n) is 10.8. The number of amides is 3. The van der Waals surface area contributed by atoms with E-state index in [2.05, 4.69) is 39.4 Å². The van der Waals surface area contributed by atoms with E-state index >= 15 is 0 Å². The molecule has 0 saturated carbocycles. The lowest BCUT2D eigenvalue weighted by Crippen LogP contribution is -2.46. The predicted octanol–water partition coefficient (Wildman–Crippen LogP) is 1.85. The smallest absolute Gasteiger partial charge is 0.261 e. The molecule has 7 heteroatoms. The van der Waals surface area contributed by atoms with Crippen LogP contribution in [0.2, 0.25) is 0 Å². The first-order chi connectivity index (χ1) is 15.0. The van der Waals surface area contributed by atoms with Gasteiger partial charge in [-0.15, -0.1) is 0 Å². The number of nitrogens with one attached hydrogen (secondary N) is 1. The number of piperazine rings is 1. The van der Waals surface area contributed by atoms with Crippen molar-refractivity contribution in [3.63, 3.8) is 0 Å². The van der Waals surface area contributed by atoms with E-state index < -0.39 is 0 Å². The van der Waals surface area contributed by atoms with E-state index in [1.165, 1.54) is 18.7 Å². The Morgan fingerprint density at radius 2 is 1.58 bits per heavy atom. The summed E-state index contributed by atoms with van der Waals surface area (Å²) in [5.41, 5.74) is 2.41. The highest BCUT2D eigenvalue weighted by molar-refractivity contribution is 6.21. The van der Waals surface area contributed by atoms with Crippen molar-refractivity contribution in [1.82, 2.24) is 20.0 Å². The fourth-order valence-corrected chi connectivity index (χ4v) is 4.12. The van der Waals surface area contributed by atoms with Crippen LogP contribution in [0.15, 0.2) is 48.5 Å². The highest BCUT2D eigenvalue weighted by Gasteiger charge is 2.33. The second-order valence-corrected chi connectivity index (χ2v) is 8.14. The van der Waals surface area contributed by atoms with Gasteiger partial charge in [-0.25, -0.2) is 0 Å². The van der Waals surface area contributed by atoms with Gasteiger partial charge in [0.2, 0.25) is 0 Å². The maximum atomic E-state index is 12.4. The Hall–Kier alpha value is -3.03. The van der Waals surface area contributed by atoms with Crippen molar-refractivity contribution in [3.05, 3.63) is 70.8 Å². The lowest BCUT2D eigenvalue weighted by Gasteiger charge is -2.34. The van der Waals surface area contributed by atoms with Crippen LogP contribution in [-0.2, 0) is 6.54 Å². The molecule has 4 rings (SSSR count). The summed E-state index contributed by atoms with van der Waals surface area (Å²) in [5.74, 6) is -0.901. The van der Waals surface area contributed by atoms with Gasteiger partial charge in [-0.1, -0.05) is 30.3 Å². The zero-order chi connectivity index (χ0) is 21.8. The van der Waals surface area contributed by atoms with Crippen LogP contribution < -0.4 is 5.32 Å². The molecule has 0 unspecified atom stereocenters. The predicted molar refractivity (Wildman–Crippen MR) is 118 cm³/mol. The summed E-state index contributed by atoms with van der Waals surface area (Å²) >= 11 is 0. The maximum absolute atomic E-state index is 12.4. The third-order valence-corrected chi connectivity index (χ3v) is 6.00. The number of carbonyl (C=O) groups excluding carboxylic acids is 3. The number of nitrogens with zero attached hydrogens (tertiary/aromatic N) is 3. The van der Waals surface area contributed by atoms with Crippen LogP contribution in [0.5, 0.6) is 0 Å². The Balaban J connectivity index is 1.18. The second-order valence-electron chi connectivity index (χ2n) is 8.14. The molecule has 1 N–H and O–H groups in total. The molecule has 0 atom stereocenters. The molecule has 3 amide bonds. The number of imide groups is 1. The van der Waals surface area contributed by atoms with Gasteiger partial charge in [-0.3, -0.25) is 24.2 Å². The first-order valence-corrected chi connectivity index (χ1v) is 10.8. The largest absolute Gasteiger partial charge is 0.352 e. The van der Waals surface area contributed by atoms with E-state index in [0.29, 0.717) is 23.2 Å². The zero-order valence-corrected chi connectivity index (χ0v) is 17.8. The van der Waals surface area contributed by atoms with E-state index in [1.807, 2.05) is 6.07 Å². The molecule has 0 aliphatic carbocycles. The van der Waals surface area contributed by atoms with Crippen molar-refractivity contribution in [2.45, 2.75) is 13.0 Å². The van der Waals surface area contributed by atoms with Crippen LogP contribution in [0.3, 0.4) is 0 Å². The number of carbonyl (C=O) groups is 3. The summed E-state index contributed by atoms with van der Waals surface area (Å²) < 4.78 is 0. The van der Waals surface area contributed by atoms with Gasteiger partial charge in [0.1, 0.15) is 0 Å². The van der Waals surface area contributed by atoms with Crippen molar-refractivity contribution in [1.29, 1.82) is 0 Å². The lowest BCUT2D eigenvalue weighted by atomic mass is 10.1. The molecule has 2 aliphatic rings. The van der Waals surface area contributed by atoms with Gasteiger partial charge < -0.3 is 10.2 Å². The molecule has 2 aromatic carbocycles. The zero-order valence-electron chi connectivity index (χ0n) is 17.8. The summed E-state index contributed by atoms with van der Waals surface area (Å²) in [4.78, 5) is 42.5. The molecule has 0 radical (unpaired) electrons. The van der Waals surface area contributed by atoms with Crippen molar-refractivity contribution in [2.24, 2.45) is 0 Å². The summed E-state index contributed by atoms with van der Waals surface area (Å²) in [6.45, 7) is 6.70. The minimum atomic E-state index is -0.360. The molecule has 31 heavy (non-hydrogen) atoms. The molecular formula is C24H28N4O3. The Morgan fingerprint density at radius 1 is 0.903 bits per heavy atom. The van der Waals surface area contributed by atoms with E-state index in [9.17, 15) is 14.4 Å². The summed E-state index contributed by atoms with van der Waals surface area (Å²) in [6.07, 6.45) is 0.871. The molecule has 1 saturated heterocycles. The first kappa shape index (κ1) is 21.2. The van der Waals surface area contributed by atoms with Gasteiger partial charge in [0.05, 0.1) is 11.1 Å². The molecule has 2 aliphatic heterocycles. The average Bonchev–Trinajstić information content (AvgIpc) is 3.02. The normalized spacial score (nSPS) is 17.1. The Morgan fingerprint density at radius 3 is 2.32 bits per heavy atom. The van der Waals surface area contributed by atoms with E-state index in [0.717, 1.165) is 50.6 Å². The van der Waals surface area contributed by atoms with Crippen molar-refractivity contribution < 1.29 is 14.4 Å². The third-order valence-electron chi connectivity index (χ3n) is 6.00. The Labute approximate surface area is 182 Å². The maximum Gasteiger partial charge on any atom is 0.261 e. The van der Waals surface area contributed by atoms with Gasteiger partial charge in [-0.05, 0) is 36.7 Å². The van der Waals surface area contributed by atoms with Crippen LogP contribution in [0.25, 0.3) is 0 Å². The fraction of sp³-hybridized carbons (Fsp3) is 0.375. The van der Waals surface area contributed by atoms with Gasteiger partial charge in [0.15, 0.2) is 0 Å². The number of hydrogen-bond donors (Lipinski definition) is 1. The summed E-state index contributed by atoms with van der Waals surface area (Å²) in [6, 6.07) is 15.2. The van der Waals surface area contributed by atoms with Crippen LogP contribution >= 0.6 is 0 Å². The Kier molecular flexibility index (Phi) is 6.44. The quantitative estimate of drug-likeness (QED) is 0.547. The molecular weight excluding hydrogens is 392 g/mol. The van der Waals surface area contributed by atoms with Crippen LogP contribution in [0, 0.1) is 0 Å². The van der Waals surface area contributed by atoms with E-state index in [4.69, 9.17) is 0 Å². The standard InChI is InChI=1S/C24H28N4O3/c1-26-23(30)20-9-8-19(16-21(20)24(26)31)22(29)25-10-5-11-27-12-14-28(15-13-27)17-18-6-3-2-4-7-18/h2-4,6-9,16H,5,10-15,17H2,1H3,(H,25,29). The monoisotopic (exact) mass is 420 g/mol. The molecule has 1 fully saturated rings. The van der Waals surface area contributed by atoms with Gasteiger partial charge >= 0.3 is 0 Å². The molecule has 162 valence electrons. The van der Waals surface area contributed by atoms with E-state index in [1.54, 1.807) is 12.1 Å². The molecule has 0 bridgehead atoms. The van der Waals surface area contributed by atoms with Crippen LogP contribution in [0.1, 0.15) is 43.1 Å². The third kappa shape index (κ3) is 4.84. The molecule has 7 nitrogen and oxygen atoms in total. The number of fused-ring (bicyclic) bond motifs is 1. The topological polar surface area (TPSA) is 73.0 Å². The average molecular weight is 421 g/mol. The van der Waals surface area contributed by atoms with Gasteiger partial charge in [0.25, 0.3) is 17.7 Å². The van der Waals surface area contributed by atoms with Crippen molar-refractivity contribution >= 4 is 17.7 Å². The number of hydrogen-bond acceptors (Lipinski definition) is 5. The van der Waals surface area contributed by atoms with Crippen molar-refractivity contribution in [2.75, 3.05) is 46.3 Å².